The largest absolute Gasteiger partial charge is 0.506 e. The van der Waals surface area contributed by atoms with Gasteiger partial charge in [0.05, 0.1) is 13.1 Å². The Hall–Kier alpha value is 0.680. The summed E-state index contributed by atoms with van der Waals surface area (Å²) in [5, 5.41) is 18.9. The third kappa shape index (κ3) is 3.82. The Labute approximate surface area is 141 Å². The normalized spacial score (nSPS) is 12.5. The van der Waals surface area contributed by atoms with Gasteiger partial charge in [0.2, 0.25) is 0 Å². The first-order chi connectivity index (χ1) is 7.88. The molecular weight excluding hydrogens is 561 g/mol. The van der Waals surface area contributed by atoms with Gasteiger partial charge < -0.3 is 10.2 Å². The van der Waals surface area contributed by atoms with Crippen molar-refractivity contribution < 1.29 is 15.0 Å². The second-order valence-electron chi connectivity index (χ2n) is 3.63. The molecule has 1 aromatic rings. The highest BCUT2D eigenvalue weighted by molar-refractivity contribution is 14.1. The molecule has 0 saturated heterocycles. The van der Waals surface area contributed by atoms with Crippen LogP contribution in [-0.4, -0.2) is 16.2 Å². The molecular formula is C11H11I3O3. The third-order valence-corrected chi connectivity index (χ3v) is 5.48. The Morgan fingerprint density at radius 3 is 2.41 bits per heavy atom. The lowest BCUT2D eigenvalue weighted by Crippen LogP contribution is -2.16. The van der Waals surface area contributed by atoms with Crippen molar-refractivity contribution in [3.8, 4) is 5.75 Å². The minimum atomic E-state index is -0.780. The van der Waals surface area contributed by atoms with Gasteiger partial charge in [0.1, 0.15) is 5.75 Å². The van der Waals surface area contributed by atoms with E-state index in [9.17, 15) is 9.90 Å². The van der Waals surface area contributed by atoms with Gasteiger partial charge in [-0.05, 0) is 92.2 Å². The number of phenolic OH excluding ortho intramolecular Hbond substituents is 1. The topological polar surface area (TPSA) is 57.5 Å². The number of hydrogen-bond acceptors (Lipinski definition) is 2. The van der Waals surface area contributed by atoms with Gasteiger partial charge in [-0.1, -0.05) is 6.92 Å². The fourth-order valence-corrected chi connectivity index (χ4v) is 5.27. The van der Waals surface area contributed by atoms with E-state index in [1.54, 1.807) is 0 Å². The fraction of sp³-hybridized carbons (Fsp3) is 0.364. The molecule has 1 atom stereocenters. The second-order valence-corrected chi connectivity index (χ2v) is 7.03. The third-order valence-electron chi connectivity index (χ3n) is 2.53. The van der Waals surface area contributed by atoms with Crippen molar-refractivity contribution in [3.63, 3.8) is 0 Å². The lowest BCUT2D eigenvalue weighted by atomic mass is 9.97. The molecule has 1 rings (SSSR count). The number of phenols is 1. The lowest BCUT2D eigenvalue weighted by molar-refractivity contribution is -0.141. The minimum Gasteiger partial charge on any atom is -0.506 e. The number of aromatic hydroxyl groups is 1. The van der Waals surface area contributed by atoms with Gasteiger partial charge in [-0.15, -0.1) is 0 Å². The SMILES string of the molecule is CC[C@H](Cc1c(I)cc(I)c(O)c1I)C(=O)O. The molecule has 0 fully saturated rings. The summed E-state index contributed by atoms with van der Waals surface area (Å²) in [6.45, 7) is 1.87. The summed E-state index contributed by atoms with van der Waals surface area (Å²) in [5.41, 5.74) is 0.929. The number of carbonyl (C=O) groups is 1. The highest BCUT2D eigenvalue weighted by atomic mass is 127. The number of halogens is 3. The van der Waals surface area contributed by atoms with Crippen LogP contribution < -0.4 is 0 Å². The van der Waals surface area contributed by atoms with Crippen LogP contribution in [0.4, 0.5) is 0 Å². The first kappa shape index (κ1) is 15.7. The van der Waals surface area contributed by atoms with E-state index >= 15 is 0 Å². The monoisotopic (exact) mass is 572 g/mol. The van der Waals surface area contributed by atoms with E-state index in [-0.39, 0.29) is 5.75 Å². The molecule has 0 heterocycles. The molecule has 0 unspecified atom stereocenters. The van der Waals surface area contributed by atoms with Crippen LogP contribution in [0.1, 0.15) is 18.9 Å². The van der Waals surface area contributed by atoms with Gasteiger partial charge in [0.25, 0.3) is 0 Å². The Balaban J connectivity index is 3.14. The molecule has 0 spiro atoms. The second kappa shape index (κ2) is 6.73. The quantitative estimate of drug-likeness (QED) is 0.540. The minimum absolute atomic E-state index is 0.252. The van der Waals surface area contributed by atoms with Crippen LogP contribution in [0.25, 0.3) is 0 Å². The zero-order valence-corrected chi connectivity index (χ0v) is 15.5. The summed E-state index contributed by atoms with van der Waals surface area (Å²) in [6, 6.07) is 1.88. The number of carboxylic acids is 1. The highest BCUT2D eigenvalue weighted by Crippen LogP contribution is 2.34. The first-order valence-corrected chi connectivity index (χ1v) is 8.20. The molecule has 3 nitrogen and oxygen atoms in total. The maximum Gasteiger partial charge on any atom is 0.306 e. The molecule has 1 aromatic carbocycles. The summed E-state index contributed by atoms with van der Waals surface area (Å²) in [5.74, 6) is -0.921. The molecule has 0 amide bonds. The number of hydrogen-bond donors (Lipinski definition) is 2. The molecule has 0 aliphatic rings. The van der Waals surface area contributed by atoms with Gasteiger partial charge in [0, 0.05) is 3.57 Å². The molecule has 0 aliphatic carbocycles. The summed E-state index contributed by atoms with van der Waals surface area (Å²) < 4.78 is 2.57. The fourth-order valence-electron chi connectivity index (χ4n) is 1.46. The van der Waals surface area contributed by atoms with E-state index in [0.717, 1.165) is 16.3 Å². The maximum absolute atomic E-state index is 11.0. The van der Waals surface area contributed by atoms with Crippen molar-refractivity contribution in [3.05, 3.63) is 22.3 Å². The van der Waals surface area contributed by atoms with E-state index in [4.69, 9.17) is 5.11 Å². The average molecular weight is 572 g/mol. The standard InChI is InChI=1S/C11H11I3O3/c1-2-5(11(16)17)3-6-7(12)4-8(13)10(15)9(6)14/h4-5,15H,2-3H2,1H3,(H,16,17)/t5-/m1/s1. The average Bonchev–Trinajstić information content (AvgIpc) is 2.26. The molecule has 6 heteroatoms. The molecule has 0 bridgehead atoms. The highest BCUT2D eigenvalue weighted by Gasteiger charge is 2.21. The molecule has 0 aromatic heterocycles. The van der Waals surface area contributed by atoms with E-state index in [1.807, 2.05) is 13.0 Å². The Morgan fingerprint density at radius 1 is 1.35 bits per heavy atom. The van der Waals surface area contributed by atoms with Crippen molar-refractivity contribution in [1.82, 2.24) is 0 Å². The summed E-state index contributed by atoms with van der Waals surface area (Å²) >= 11 is 6.34. The number of benzene rings is 1. The first-order valence-electron chi connectivity index (χ1n) is 4.96. The number of carboxylic acid groups (broad SMARTS) is 1. The van der Waals surface area contributed by atoms with Crippen LogP contribution >= 0.6 is 67.8 Å². The van der Waals surface area contributed by atoms with Crippen molar-refractivity contribution in [1.29, 1.82) is 0 Å². The number of rotatable bonds is 4. The van der Waals surface area contributed by atoms with Gasteiger partial charge in [-0.25, -0.2) is 0 Å². The maximum atomic E-state index is 11.0. The molecule has 94 valence electrons. The predicted molar refractivity (Wildman–Crippen MR) is 91.4 cm³/mol. The van der Waals surface area contributed by atoms with Crippen molar-refractivity contribution in [2.45, 2.75) is 19.8 Å². The van der Waals surface area contributed by atoms with Crippen molar-refractivity contribution in [2.24, 2.45) is 5.92 Å². The predicted octanol–water partition coefficient (Wildman–Crippen LogP) is 3.86. The van der Waals surface area contributed by atoms with Crippen molar-refractivity contribution >= 4 is 73.7 Å². The van der Waals surface area contributed by atoms with Gasteiger partial charge in [0.15, 0.2) is 0 Å². The van der Waals surface area contributed by atoms with Crippen molar-refractivity contribution in [2.75, 3.05) is 0 Å². The number of aliphatic carboxylic acids is 1. The van der Waals surface area contributed by atoms with E-state index in [0.29, 0.717) is 12.8 Å². The summed E-state index contributed by atoms with van der Waals surface area (Å²) in [4.78, 5) is 11.0. The Kier molecular flexibility index (Phi) is 6.23. The van der Waals surface area contributed by atoms with Crippen LogP contribution in [0.3, 0.4) is 0 Å². The van der Waals surface area contributed by atoms with Crippen LogP contribution in [0.2, 0.25) is 0 Å². The molecule has 0 saturated carbocycles. The van der Waals surface area contributed by atoms with Crippen LogP contribution in [0.5, 0.6) is 5.75 Å². The Bertz CT molecular complexity index is 446. The molecule has 0 aliphatic heterocycles. The summed E-state index contributed by atoms with van der Waals surface area (Å²) in [6.07, 6.45) is 1.06. The molecule has 0 radical (unpaired) electrons. The van der Waals surface area contributed by atoms with Gasteiger partial charge >= 0.3 is 5.97 Å². The van der Waals surface area contributed by atoms with E-state index in [2.05, 4.69) is 67.8 Å². The van der Waals surface area contributed by atoms with Crippen LogP contribution in [0, 0.1) is 16.6 Å². The van der Waals surface area contributed by atoms with Gasteiger partial charge in [-0.3, -0.25) is 4.79 Å². The zero-order chi connectivity index (χ0) is 13.2. The smallest absolute Gasteiger partial charge is 0.306 e. The summed E-state index contributed by atoms with van der Waals surface area (Å²) in [7, 11) is 0. The zero-order valence-electron chi connectivity index (χ0n) is 9.01. The Morgan fingerprint density at radius 2 is 1.94 bits per heavy atom. The van der Waals surface area contributed by atoms with Crippen LogP contribution in [-0.2, 0) is 11.2 Å². The van der Waals surface area contributed by atoms with E-state index < -0.39 is 11.9 Å². The lowest BCUT2D eigenvalue weighted by Gasteiger charge is -2.14. The van der Waals surface area contributed by atoms with Crippen LogP contribution in [0.15, 0.2) is 6.07 Å². The van der Waals surface area contributed by atoms with E-state index in [1.165, 1.54) is 0 Å². The molecule has 17 heavy (non-hydrogen) atoms. The molecule has 2 N–H and O–H groups in total. The van der Waals surface area contributed by atoms with Gasteiger partial charge in [-0.2, -0.15) is 0 Å².